The van der Waals surface area contributed by atoms with Crippen molar-refractivity contribution in [1.29, 1.82) is 0 Å². The first-order valence-corrected chi connectivity index (χ1v) is 6.77. The van der Waals surface area contributed by atoms with Crippen molar-refractivity contribution >= 4 is 5.69 Å². The van der Waals surface area contributed by atoms with Crippen LogP contribution in [-0.4, -0.2) is 13.7 Å². The van der Waals surface area contributed by atoms with Gasteiger partial charge in [0.15, 0.2) is 11.5 Å². The van der Waals surface area contributed by atoms with Gasteiger partial charge >= 0.3 is 0 Å². The molecule has 1 aromatic carbocycles. The molecule has 0 saturated carbocycles. The molecule has 2 aromatic rings. The third-order valence-corrected chi connectivity index (χ3v) is 3.03. The van der Waals surface area contributed by atoms with Gasteiger partial charge in [0.2, 0.25) is 0 Å². The second-order valence-electron chi connectivity index (χ2n) is 4.61. The Morgan fingerprint density at radius 1 is 1.20 bits per heavy atom. The van der Waals surface area contributed by atoms with E-state index in [9.17, 15) is 0 Å². The number of furan rings is 1. The van der Waals surface area contributed by atoms with E-state index in [1.54, 1.807) is 7.11 Å². The van der Waals surface area contributed by atoms with Crippen LogP contribution < -0.4 is 14.8 Å². The number of methoxy groups -OCH3 is 1. The molecule has 20 heavy (non-hydrogen) atoms. The van der Waals surface area contributed by atoms with Crippen LogP contribution in [0.3, 0.4) is 0 Å². The lowest BCUT2D eigenvalue weighted by Crippen LogP contribution is -2.06. The fraction of sp³-hybridized carbons (Fsp3) is 0.375. The first-order valence-electron chi connectivity index (χ1n) is 6.77. The maximum Gasteiger partial charge on any atom is 0.163 e. The molecular weight excluding hydrogens is 254 g/mol. The number of benzene rings is 1. The summed E-state index contributed by atoms with van der Waals surface area (Å²) in [5.41, 5.74) is 0.968. The van der Waals surface area contributed by atoms with Crippen LogP contribution in [-0.2, 0) is 0 Å². The summed E-state index contributed by atoms with van der Waals surface area (Å²) in [4.78, 5) is 0. The van der Waals surface area contributed by atoms with Crippen LogP contribution in [0.2, 0.25) is 0 Å². The Bertz CT molecular complexity index is 563. The molecule has 0 saturated heterocycles. The van der Waals surface area contributed by atoms with Crippen molar-refractivity contribution in [2.24, 2.45) is 0 Å². The van der Waals surface area contributed by atoms with Crippen molar-refractivity contribution in [3.8, 4) is 11.5 Å². The smallest absolute Gasteiger partial charge is 0.163 e. The Morgan fingerprint density at radius 3 is 2.60 bits per heavy atom. The van der Waals surface area contributed by atoms with E-state index in [4.69, 9.17) is 13.9 Å². The molecule has 0 aliphatic heterocycles. The zero-order chi connectivity index (χ0) is 14.5. The van der Waals surface area contributed by atoms with E-state index in [1.165, 1.54) is 0 Å². The summed E-state index contributed by atoms with van der Waals surface area (Å²) in [6, 6.07) is 9.84. The van der Waals surface area contributed by atoms with E-state index < -0.39 is 0 Å². The topological polar surface area (TPSA) is 43.6 Å². The highest BCUT2D eigenvalue weighted by molar-refractivity contribution is 5.55. The molecule has 0 bridgehead atoms. The molecule has 1 aromatic heterocycles. The van der Waals surface area contributed by atoms with Crippen molar-refractivity contribution < 1.29 is 13.9 Å². The summed E-state index contributed by atoms with van der Waals surface area (Å²) in [5, 5.41) is 3.39. The molecule has 0 amide bonds. The van der Waals surface area contributed by atoms with Crippen molar-refractivity contribution in [3.63, 3.8) is 0 Å². The van der Waals surface area contributed by atoms with Crippen LogP contribution in [0.5, 0.6) is 11.5 Å². The van der Waals surface area contributed by atoms with Crippen molar-refractivity contribution in [1.82, 2.24) is 0 Å². The minimum absolute atomic E-state index is 0.0894. The predicted molar refractivity (Wildman–Crippen MR) is 79.6 cm³/mol. The SMILES string of the molecule is CCOc1cc(NC(C)c2ccc(C)o2)ccc1OC. The summed E-state index contributed by atoms with van der Waals surface area (Å²) in [6.07, 6.45) is 0. The standard InChI is InChI=1S/C16H21NO3/c1-5-19-16-10-13(7-9-15(16)18-4)17-12(3)14-8-6-11(2)20-14/h6-10,12,17H,5H2,1-4H3. The van der Waals surface area contributed by atoms with Crippen molar-refractivity contribution in [2.45, 2.75) is 26.8 Å². The highest BCUT2D eigenvalue weighted by Gasteiger charge is 2.11. The quantitative estimate of drug-likeness (QED) is 0.859. The fourth-order valence-corrected chi connectivity index (χ4v) is 2.04. The summed E-state index contributed by atoms with van der Waals surface area (Å²) in [6.45, 7) is 6.56. The Balaban J connectivity index is 2.14. The third kappa shape index (κ3) is 3.26. The normalized spacial score (nSPS) is 12.0. The lowest BCUT2D eigenvalue weighted by Gasteiger charge is -2.15. The molecule has 0 aliphatic carbocycles. The lowest BCUT2D eigenvalue weighted by atomic mass is 10.2. The number of anilines is 1. The molecule has 1 atom stereocenters. The minimum Gasteiger partial charge on any atom is -0.493 e. The average Bonchev–Trinajstić information content (AvgIpc) is 2.86. The van der Waals surface area contributed by atoms with Gasteiger partial charge in [-0.15, -0.1) is 0 Å². The van der Waals surface area contributed by atoms with Crippen LogP contribution in [0, 0.1) is 6.92 Å². The molecule has 0 radical (unpaired) electrons. The van der Waals surface area contributed by atoms with E-state index in [0.29, 0.717) is 6.61 Å². The van der Waals surface area contributed by atoms with Crippen LogP contribution >= 0.6 is 0 Å². The maximum atomic E-state index is 5.62. The number of hydrogen-bond acceptors (Lipinski definition) is 4. The minimum atomic E-state index is 0.0894. The van der Waals surface area contributed by atoms with Gasteiger partial charge in [-0.1, -0.05) is 0 Å². The van der Waals surface area contributed by atoms with Gasteiger partial charge in [0, 0.05) is 11.8 Å². The van der Waals surface area contributed by atoms with E-state index in [2.05, 4.69) is 12.2 Å². The predicted octanol–water partition coefficient (Wildman–Crippen LogP) is 4.17. The Kier molecular flexibility index (Phi) is 4.56. The average molecular weight is 275 g/mol. The van der Waals surface area contributed by atoms with E-state index in [1.807, 2.05) is 44.2 Å². The molecule has 1 heterocycles. The molecule has 0 fully saturated rings. The van der Waals surface area contributed by atoms with Gasteiger partial charge in [0.1, 0.15) is 11.5 Å². The van der Waals surface area contributed by atoms with Crippen LogP contribution in [0.15, 0.2) is 34.7 Å². The summed E-state index contributed by atoms with van der Waals surface area (Å²) in [5.74, 6) is 3.30. The first kappa shape index (κ1) is 14.3. The van der Waals surface area contributed by atoms with Gasteiger partial charge in [-0.2, -0.15) is 0 Å². The van der Waals surface area contributed by atoms with Crippen LogP contribution in [0.25, 0.3) is 0 Å². The summed E-state index contributed by atoms with van der Waals surface area (Å²) in [7, 11) is 1.64. The summed E-state index contributed by atoms with van der Waals surface area (Å²) >= 11 is 0. The van der Waals surface area contributed by atoms with Gasteiger partial charge < -0.3 is 19.2 Å². The summed E-state index contributed by atoms with van der Waals surface area (Å²) < 4.78 is 16.5. The van der Waals surface area contributed by atoms with Crippen LogP contribution in [0.1, 0.15) is 31.4 Å². The maximum absolute atomic E-state index is 5.62. The van der Waals surface area contributed by atoms with Gasteiger partial charge in [0.05, 0.1) is 19.8 Å². The molecule has 2 rings (SSSR count). The van der Waals surface area contributed by atoms with Gasteiger partial charge in [-0.25, -0.2) is 0 Å². The number of hydrogen-bond donors (Lipinski definition) is 1. The van der Waals surface area contributed by atoms with E-state index in [-0.39, 0.29) is 6.04 Å². The Hall–Kier alpha value is -2.10. The number of rotatable bonds is 6. The van der Waals surface area contributed by atoms with E-state index >= 15 is 0 Å². The third-order valence-electron chi connectivity index (χ3n) is 3.03. The Labute approximate surface area is 119 Å². The molecule has 1 N–H and O–H groups in total. The molecule has 108 valence electrons. The zero-order valence-corrected chi connectivity index (χ0v) is 12.4. The largest absolute Gasteiger partial charge is 0.493 e. The highest BCUT2D eigenvalue weighted by Crippen LogP contribution is 2.31. The van der Waals surface area contributed by atoms with E-state index in [0.717, 1.165) is 28.7 Å². The lowest BCUT2D eigenvalue weighted by molar-refractivity contribution is 0.311. The Morgan fingerprint density at radius 2 is 2.00 bits per heavy atom. The van der Waals surface area contributed by atoms with Crippen molar-refractivity contribution in [3.05, 3.63) is 41.9 Å². The number of ether oxygens (including phenoxy) is 2. The van der Waals surface area contributed by atoms with Gasteiger partial charge in [0.25, 0.3) is 0 Å². The molecule has 4 nitrogen and oxygen atoms in total. The number of aryl methyl sites for hydroxylation is 1. The highest BCUT2D eigenvalue weighted by atomic mass is 16.5. The zero-order valence-electron chi connectivity index (χ0n) is 12.4. The molecule has 0 aliphatic rings. The monoisotopic (exact) mass is 275 g/mol. The van der Waals surface area contributed by atoms with Gasteiger partial charge in [-0.05, 0) is 45.0 Å². The molecule has 1 unspecified atom stereocenters. The molecular formula is C16H21NO3. The van der Waals surface area contributed by atoms with Crippen molar-refractivity contribution in [2.75, 3.05) is 19.0 Å². The van der Waals surface area contributed by atoms with Gasteiger partial charge in [-0.3, -0.25) is 0 Å². The number of nitrogens with one attached hydrogen (secondary N) is 1. The van der Waals surface area contributed by atoms with Crippen LogP contribution in [0.4, 0.5) is 5.69 Å². The molecule has 4 heteroatoms. The fourth-order valence-electron chi connectivity index (χ4n) is 2.04. The molecule has 0 spiro atoms. The second-order valence-corrected chi connectivity index (χ2v) is 4.61. The first-order chi connectivity index (χ1) is 9.63. The second kappa shape index (κ2) is 6.37.